The minimum atomic E-state index is -0.213. The van der Waals surface area contributed by atoms with Gasteiger partial charge in [-0.25, -0.2) is 0 Å². The van der Waals surface area contributed by atoms with E-state index >= 15 is 0 Å². The van der Waals surface area contributed by atoms with Gasteiger partial charge in [0.1, 0.15) is 11.5 Å². The Labute approximate surface area is 153 Å². The molecule has 2 rings (SSSR count). The lowest BCUT2D eigenvalue weighted by molar-refractivity contribution is -0.117. The van der Waals surface area contributed by atoms with Crippen LogP contribution in [0.3, 0.4) is 0 Å². The van der Waals surface area contributed by atoms with E-state index in [1.165, 1.54) is 14.0 Å². The molecule has 0 fully saturated rings. The lowest BCUT2D eigenvalue weighted by Crippen LogP contribution is -2.32. The van der Waals surface area contributed by atoms with Crippen LogP contribution in [0.4, 0.5) is 11.4 Å². The zero-order valence-electron chi connectivity index (χ0n) is 15.5. The highest BCUT2D eigenvalue weighted by Crippen LogP contribution is 2.29. The van der Waals surface area contributed by atoms with Crippen molar-refractivity contribution in [1.29, 1.82) is 0 Å². The van der Waals surface area contributed by atoms with E-state index in [0.717, 1.165) is 11.3 Å². The summed E-state index contributed by atoms with van der Waals surface area (Å²) in [6.45, 7) is 3.74. The average molecular weight is 356 g/mol. The smallest absolute Gasteiger partial charge is 0.226 e. The van der Waals surface area contributed by atoms with Crippen molar-refractivity contribution in [3.05, 3.63) is 48.0 Å². The summed E-state index contributed by atoms with van der Waals surface area (Å²) >= 11 is 0. The van der Waals surface area contributed by atoms with Crippen LogP contribution in [-0.4, -0.2) is 32.6 Å². The molecule has 1 N–H and O–H groups in total. The minimum absolute atomic E-state index is 0.109. The van der Waals surface area contributed by atoms with E-state index in [9.17, 15) is 9.59 Å². The Morgan fingerprint density at radius 3 is 2.46 bits per heavy atom. The molecule has 0 aliphatic heterocycles. The number of hydrogen-bond acceptors (Lipinski definition) is 4. The molecule has 0 spiro atoms. The van der Waals surface area contributed by atoms with Crippen molar-refractivity contribution in [2.75, 3.05) is 31.0 Å². The van der Waals surface area contributed by atoms with Crippen LogP contribution >= 0.6 is 0 Å². The number of methoxy groups -OCH3 is 2. The van der Waals surface area contributed by atoms with Gasteiger partial charge in [-0.1, -0.05) is 12.1 Å². The lowest BCUT2D eigenvalue weighted by atomic mass is 10.2. The third kappa shape index (κ3) is 4.99. The molecule has 26 heavy (non-hydrogen) atoms. The Kier molecular flexibility index (Phi) is 6.60. The Hall–Kier alpha value is -3.02. The van der Waals surface area contributed by atoms with E-state index < -0.39 is 0 Å². The van der Waals surface area contributed by atoms with E-state index in [-0.39, 0.29) is 24.8 Å². The summed E-state index contributed by atoms with van der Waals surface area (Å²) in [4.78, 5) is 25.9. The number of amides is 2. The van der Waals surface area contributed by atoms with Crippen LogP contribution in [0.2, 0.25) is 0 Å². The van der Waals surface area contributed by atoms with Gasteiger partial charge in [-0.3, -0.25) is 9.59 Å². The molecule has 0 aliphatic carbocycles. The van der Waals surface area contributed by atoms with Gasteiger partial charge in [0.2, 0.25) is 11.8 Å². The van der Waals surface area contributed by atoms with E-state index in [0.29, 0.717) is 17.2 Å². The molecule has 0 aliphatic rings. The summed E-state index contributed by atoms with van der Waals surface area (Å²) in [5.74, 6) is 0.838. The van der Waals surface area contributed by atoms with Crippen LogP contribution < -0.4 is 19.7 Å². The summed E-state index contributed by atoms with van der Waals surface area (Å²) in [6, 6.07) is 12.8. The minimum Gasteiger partial charge on any atom is -0.497 e. The first-order chi connectivity index (χ1) is 12.4. The summed E-state index contributed by atoms with van der Waals surface area (Å²) in [7, 11) is 3.09. The highest BCUT2D eigenvalue weighted by Gasteiger charge is 2.15. The zero-order chi connectivity index (χ0) is 19.1. The maximum absolute atomic E-state index is 12.4. The Morgan fingerprint density at radius 1 is 1.08 bits per heavy atom. The summed E-state index contributed by atoms with van der Waals surface area (Å²) in [5, 5.41) is 2.81. The average Bonchev–Trinajstić information content (AvgIpc) is 2.61. The first-order valence-corrected chi connectivity index (χ1v) is 8.31. The monoisotopic (exact) mass is 356 g/mol. The van der Waals surface area contributed by atoms with Crippen molar-refractivity contribution in [3.63, 3.8) is 0 Å². The quantitative estimate of drug-likeness (QED) is 0.826. The van der Waals surface area contributed by atoms with E-state index in [1.54, 1.807) is 30.2 Å². The summed E-state index contributed by atoms with van der Waals surface area (Å²) < 4.78 is 10.4. The molecule has 0 saturated carbocycles. The molecule has 6 heteroatoms. The fourth-order valence-corrected chi connectivity index (χ4v) is 2.60. The second-order valence-corrected chi connectivity index (χ2v) is 5.87. The predicted molar refractivity (Wildman–Crippen MR) is 102 cm³/mol. The van der Waals surface area contributed by atoms with Crippen LogP contribution in [0.1, 0.15) is 18.9 Å². The number of carbonyl (C=O) groups excluding carboxylic acids is 2. The molecule has 0 aromatic heterocycles. The molecule has 0 heterocycles. The second kappa shape index (κ2) is 8.89. The Balaban J connectivity index is 2.06. The molecule has 0 unspecified atom stereocenters. The van der Waals surface area contributed by atoms with Crippen LogP contribution in [0.25, 0.3) is 0 Å². The number of hydrogen-bond donors (Lipinski definition) is 1. The van der Waals surface area contributed by atoms with Gasteiger partial charge in [0.15, 0.2) is 0 Å². The van der Waals surface area contributed by atoms with Gasteiger partial charge in [0.25, 0.3) is 0 Å². The highest BCUT2D eigenvalue weighted by molar-refractivity contribution is 5.95. The van der Waals surface area contributed by atoms with Gasteiger partial charge in [0, 0.05) is 31.6 Å². The molecule has 0 saturated heterocycles. The van der Waals surface area contributed by atoms with Crippen molar-refractivity contribution in [1.82, 2.24) is 0 Å². The van der Waals surface area contributed by atoms with Gasteiger partial charge >= 0.3 is 0 Å². The van der Waals surface area contributed by atoms with Crippen molar-refractivity contribution in [2.45, 2.75) is 20.3 Å². The first-order valence-electron chi connectivity index (χ1n) is 8.31. The predicted octanol–water partition coefficient (Wildman–Crippen LogP) is 3.39. The molecule has 0 atom stereocenters. The van der Waals surface area contributed by atoms with E-state index in [4.69, 9.17) is 9.47 Å². The van der Waals surface area contributed by atoms with Crippen LogP contribution in [-0.2, 0) is 9.59 Å². The molecule has 0 bridgehead atoms. The van der Waals surface area contributed by atoms with Gasteiger partial charge in [-0.05, 0) is 36.8 Å². The largest absolute Gasteiger partial charge is 0.497 e. The number of carbonyl (C=O) groups is 2. The van der Waals surface area contributed by atoms with Gasteiger partial charge in [-0.15, -0.1) is 0 Å². The number of anilines is 2. The van der Waals surface area contributed by atoms with Crippen LogP contribution in [0.5, 0.6) is 11.5 Å². The molecule has 6 nitrogen and oxygen atoms in total. The number of benzene rings is 2. The number of ether oxygens (including phenoxy) is 2. The molecule has 0 radical (unpaired) electrons. The summed E-state index contributed by atoms with van der Waals surface area (Å²) in [5.41, 5.74) is 2.37. The van der Waals surface area contributed by atoms with Gasteiger partial charge in [-0.2, -0.15) is 0 Å². The number of nitrogens with zero attached hydrogens (tertiary/aromatic N) is 1. The molecule has 138 valence electrons. The summed E-state index contributed by atoms with van der Waals surface area (Å²) in [6.07, 6.45) is 0.161. The molecule has 2 aromatic carbocycles. The van der Waals surface area contributed by atoms with Crippen LogP contribution in [0, 0.1) is 6.92 Å². The lowest BCUT2D eigenvalue weighted by Gasteiger charge is -2.21. The number of rotatable bonds is 7. The van der Waals surface area contributed by atoms with Crippen LogP contribution in [0.15, 0.2) is 42.5 Å². The van der Waals surface area contributed by atoms with E-state index in [1.807, 2.05) is 31.2 Å². The molecule has 2 amide bonds. The topological polar surface area (TPSA) is 67.9 Å². The Bertz CT molecular complexity index is 789. The maximum Gasteiger partial charge on any atom is 0.226 e. The fraction of sp³-hybridized carbons (Fsp3) is 0.300. The third-order valence-corrected chi connectivity index (χ3v) is 3.94. The molecule has 2 aromatic rings. The number of aryl methyl sites for hydroxylation is 1. The van der Waals surface area contributed by atoms with Gasteiger partial charge in [0.05, 0.1) is 19.9 Å². The standard InChI is InChI=1S/C20H24N2O4/c1-14-6-5-7-16(12-14)22(15(2)23)11-10-20(24)21-18-13-17(25-3)8-9-19(18)26-4/h5-9,12-13H,10-11H2,1-4H3,(H,21,24). The van der Waals surface area contributed by atoms with Crippen molar-refractivity contribution < 1.29 is 19.1 Å². The van der Waals surface area contributed by atoms with E-state index in [2.05, 4.69) is 5.32 Å². The first kappa shape index (κ1) is 19.3. The highest BCUT2D eigenvalue weighted by atomic mass is 16.5. The fourth-order valence-electron chi connectivity index (χ4n) is 2.60. The van der Waals surface area contributed by atoms with Crippen molar-refractivity contribution in [2.24, 2.45) is 0 Å². The third-order valence-electron chi connectivity index (χ3n) is 3.94. The van der Waals surface area contributed by atoms with Gasteiger partial charge < -0.3 is 19.7 Å². The SMILES string of the molecule is COc1ccc(OC)c(NC(=O)CCN(C(C)=O)c2cccc(C)c2)c1. The van der Waals surface area contributed by atoms with Crippen molar-refractivity contribution >= 4 is 23.2 Å². The Morgan fingerprint density at radius 2 is 1.85 bits per heavy atom. The zero-order valence-corrected chi connectivity index (χ0v) is 15.5. The van der Waals surface area contributed by atoms with Crippen molar-refractivity contribution in [3.8, 4) is 11.5 Å². The number of nitrogens with one attached hydrogen (secondary N) is 1. The second-order valence-electron chi connectivity index (χ2n) is 5.87. The normalized spacial score (nSPS) is 10.2. The molecular weight excluding hydrogens is 332 g/mol. The maximum atomic E-state index is 12.4. The molecular formula is C20H24N2O4.